The third-order valence-corrected chi connectivity index (χ3v) is 9.63. The van der Waals surface area contributed by atoms with Crippen molar-refractivity contribution in [1.29, 1.82) is 0 Å². The fourth-order valence-electron chi connectivity index (χ4n) is 5.01. The Labute approximate surface area is 241 Å². The Morgan fingerprint density at radius 1 is 0.923 bits per heavy atom. The highest BCUT2D eigenvalue weighted by molar-refractivity contribution is 8.00. The van der Waals surface area contributed by atoms with Crippen molar-refractivity contribution in [2.45, 2.75) is 22.8 Å². The third kappa shape index (κ3) is 4.74. The number of halogens is 2. The lowest BCUT2D eigenvalue weighted by Crippen LogP contribution is -2.32. The van der Waals surface area contributed by atoms with Crippen molar-refractivity contribution in [2.24, 2.45) is 5.92 Å². The summed E-state index contributed by atoms with van der Waals surface area (Å²) in [5.74, 6) is -0.896. The van der Waals surface area contributed by atoms with Crippen molar-refractivity contribution in [2.75, 3.05) is 12.0 Å². The van der Waals surface area contributed by atoms with Gasteiger partial charge in [0.15, 0.2) is 11.5 Å². The van der Waals surface area contributed by atoms with Crippen LogP contribution < -0.4 is 19.2 Å². The molecular weight excluding hydrogens is 579 g/mol. The van der Waals surface area contributed by atoms with Crippen LogP contribution in [0.4, 0.5) is 5.69 Å². The van der Waals surface area contributed by atoms with Crippen molar-refractivity contribution in [3.8, 4) is 11.5 Å². The number of H-pyrrole nitrogens is 1. The fraction of sp³-hybridized carbons (Fsp3) is 0.179. The number of imide groups is 1. The molecule has 1 saturated heterocycles. The van der Waals surface area contributed by atoms with Gasteiger partial charge in [-0.1, -0.05) is 64.5 Å². The van der Waals surface area contributed by atoms with Gasteiger partial charge in [-0.2, -0.15) is 0 Å². The number of ether oxygens (including phenoxy) is 2. The number of thiazole rings is 1. The molecule has 198 valence electrons. The van der Waals surface area contributed by atoms with Crippen molar-refractivity contribution in [3.63, 3.8) is 0 Å². The summed E-state index contributed by atoms with van der Waals surface area (Å²) in [5, 5.41) is 1.04. The number of carbonyl (C=O) groups excluding carboxylic acids is 2. The first-order valence-corrected chi connectivity index (χ1v) is 14.4. The number of thioether (sulfide) groups is 1. The number of methoxy groups -OCH3 is 1. The number of anilines is 1. The summed E-state index contributed by atoms with van der Waals surface area (Å²) in [4.78, 5) is 44.3. The molecule has 0 bridgehead atoms. The molecule has 0 aliphatic carbocycles. The maximum Gasteiger partial charge on any atom is 0.305 e. The highest BCUT2D eigenvalue weighted by Crippen LogP contribution is 2.53. The predicted octanol–water partition coefficient (Wildman–Crippen LogP) is 6.13. The zero-order valence-electron chi connectivity index (χ0n) is 20.4. The number of hydrogen-bond acceptors (Lipinski definition) is 7. The summed E-state index contributed by atoms with van der Waals surface area (Å²) < 4.78 is 11.7. The van der Waals surface area contributed by atoms with Crippen molar-refractivity contribution in [1.82, 2.24) is 4.98 Å². The fourth-order valence-corrected chi connectivity index (χ4v) is 7.86. The molecule has 11 heteroatoms. The first-order valence-electron chi connectivity index (χ1n) is 11.9. The van der Waals surface area contributed by atoms with Crippen LogP contribution in [0.5, 0.6) is 11.5 Å². The maximum atomic E-state index is 13.9. The van der Waals surface area contributed by atoms with Gasteiger partial charge in [0.25, 0.3) is 0 Å². The Bertz CT molecular complexity index is 1650. The summed E-state index contributed by atoms with van der Waals surface area (Å²) in [6.07, 6.45) is 0. The second kappa shape index (κ2) is 10.4. The summed E-state index contributed by atoms with van der Waals surface area (Å²) in [6, 6.07) is 19.4. The summed E-state index contributed by atoms with van der Waals surface area (Å²) in [7, 11) is 1.54. The molecule has 0 radical (unpaired) electrons. The van der Waals surface area contributed by atoms with Crippen LogP contribution in [0.3, 0.4) is 0 Å². The lowest BCUT2D eigenvalue weighted by atomic mass is 9.83. The molecule has 3 heterocycles. The van der Waals surface area contributed by atoms with E-state index >= 15 is 0 Å². The maximum absolute atomic E-state index is 13.9. The average Bonchev–Trinajstić information content (AvgIpc) is 3.42. The molecule has 2 aliphatic heterocycles. The predicted molar refractivity (Wildman–Crippen MR) is 153 cm³/mol. The molecule has 2 aliphatic rings. The van der Waals surface area contributed by atoms with E-state index in [1.165, 1.54) is 23.8 Å². The quantitative estimate of drug-likeness (QED) is 0.269. The average molecular weight is 600 g/mol. The second-order valence-corrected chi connectivity index (χ2v) is 12.1. The van der Waals surface area contributed by atoms with E-state index < -0.39 is 17.1 Å². The van der Waals surface area contributed by atoms with Crippen LogP contribution in [-0.4, -0.2) is 29.2 Å². The van der Waals surface area contributed by atoms with Gasteiger partial charge in [-0.25, -0.2) is 4.90 Å². The zero-order valence-corrected chi connectivity index (χ0v) is 23.5. The van der Waals surface area contributed by atoms with Gasteiger partial charge in [0.05, 0.1) is 23.7 Å². The Kier molecular flexibility index (Phi) is 6.93. The lowest BCUT2D eigenvalue weighted by Gasteiger charge is -2.30. The van der Waals surface area contributed by atoms with Gasteiger partial charge in [0.2, 0.25) is 11.8 Å². The van der Waals surface area contributed by atoms with Crippen LogP contribution in [0, 0.1) is 5.92 Å². The van der Waals surface area contributed by atoms with E-state index in [9.17, 15) is 14.4 Å². The van der Waals surface area contributed by atoms with Crippen molar-refractivity contribution in [3.05, 3.63) is 102 Å². The number of aromatic nitrogens is 1. The van der Waals surface area contributed by atoms with Crippen LogP contribution in [-0.2, 0) is 16.2 Å². The van der Waals surface area contributed by atoms with E-state index in [4.69, 9.17) is 32.7 Å². The molecule has 3 unspecified atom stereocenters. The van der Waals surface area contributed by atoms with Crippen molar-refractivity contribution < 1.29 is 19.1 Å². The van der Waals surface area contributed by atoms with Gasteiger partial charge in [0.1, 0.15) is 11.9 Å². The highest BCUT2D eigenvalue weighted by atomic mass is 35.5. The van der Waals surface area contributed by atoms with E-state index in [1.807, 2.05) is 30.3 Å². The summed E-state index contributed by atoms with van der Waals surface area (Å²) in [6.45, 7) is 0.285. The van der Waals surface area contributed by atoms with E-state index in [1.54, 1.807) is 36.4 Å². The molecule has 7 nitrogen and oxygen atoms in total. The number of aromatic amines is 1. The number of nitrogens with one attached hydrogen (secondary N) is 1. The van der Waals surface area contributed by atoms with E-state index in [-0.39, 0.29) is 23.3 Å². The number of benzene rings is 3. The van der Waals surface area contributed by atoms with Gasteiger partial charge in [-0.05, 0) is 59.7 Å². The Morgan fingerprint density at radius 2 is 1.72 bits per heavy atom. The molecule has 3 aromatic carbocycles. The zero-order chi connectivity index (χ0) is 27.3. The third-order valence-electron chi connectivity index (χ3n) is 6.74. The Morgan fingerprint density at radius 3 is 2.46 bits per heavy atom. The second-order valence-electron chi connectivity index (χ2n) is 9.07. The minimum atomic E-state index is -0.708. The van der Waals surface area contributed by atoms with Gasteiger partial charge < -0.3 is 14.5 Å². The van der Waals surface area contributed by atoms with Crippen LogP contribution >= 0.6 is 46.3 Å². The number of rotatable bonds is 6. The first kappa shape index (κ1) is 26.0. The van der Waals surface area contributed by atoms with Gasteiger partial charge in [-0.3, -0.25) is 14.4 Å². The Balaban J connectivity index is 1.37. The topological polar surface area (TPSA) is 88.7 Å². The minimum absolute atomic E-state index is 0.236. The number of fused-ring (bicyclic) bond motifs is 2. The number of nitrogens with zero attached hydrogens (tertiary/aromatic N) is 1. The van der Waals surface area contributed by atoms with Crippen molar-refractivity contribution >= 4 is 63.8 Å². The molecule has 4 aromatic rings. The minimum Gasteiger partial charge on any atom is -0.493 e. The molecule has 0 spiro atoms. The molecule has 2 amide bonds. The lowest BCUT2D eigenvalue weighted by molar-refractivity contribution is -0.122. The van der Waals surface area contributed by atoms with Gasteiger partial charge in [-0.15, -0.1) is 0 Å². The van der Waals surface area contributed by atoms with Crippen LogP contribution in [0.2, 0.25) is 10.0 Å². The Hall–Kier alpha value is -3.24. The van der Waals surface area contributed by atoms with Crippen LogP contribution in [0.15, 0.2) is 76.6 Å². The van der Waals surface area contributed by atoms with Gasteiger partial charge in [0, 0.05) is 20.8 Å². The van der Waals surface area contributed by atoms with Gasteiger partial charge >= 0.3 is 4.87 Å². The molecular formula is C28H20Cl2N2O5S2. The smallest absolute Gasteiger partial charge is 0.305 e. The molecule has 6 rings (SSSR count). The molecule has 39 heavy (non-hydrogen) atoms. The van der Waals surface area contributed by atoms with Crippen LogP contribution in [0.1, 0.15) is 21.9 Å². The molecule has 0 saturated carbocycles. The van der Waals surface area contributed by atoms with E-state index in [2.05, 4.69) is 4.98 Å². The summed E-state index contributed by atoms with van der Waals surface area (Å²) >= 11 is 14.4. The normalized spacial score (nSPS) is 20.1. The van der Waals surface area contributed by atoms with E-state index in [0.29, 0.717) is 32.3 Å². The number of hydrogen-bond donors (Lipinski definition) is 1. The SMILES string of the molecule is COc1cc(C2c3sc(=O)[nH]c3SC3C(=O)N(c4ccc(Cl)cc4)C(=O)C32)ccc1OCc1cccc(Cl)c1. The molecule has 1 N–H and O–H groups in total. The molecule has 1 fully saturated rings. The summed E-state index contributed by atoms with van der Waals surface area (Å²) in [5.41, 5.74) is 2.11. The number of carbonyl (C=O) groups is 2. The highest BCUT2D eigenvalue weighted by Gasteiger charge is 2.56. The molecule has 3 atom stereocenters. The van der Waals surface area contributed by atoms with E-state index in [0.717, 1.165) is 27.3 Å². The monoisotopic (exact) mass is 598 g/mol. The number of amides is 2. The first-order chi connectivity index (χ1) is 18.8. The largest absolute Gasteiger partial charge is 0.493 e. The molecule has 1 aromatic heterocycles. The van der Waals surface area contributed by atoms with Crippen LogP contribution in [0.25, 0.3) is 0 Å². The standard InChI is InChI=1S/C28H20Cl2N2O5S2/c1-36-20-12-15(5-10-19(20)37-13-14-3-2-4-17(30)11-14)21-22-24(38-25-23(21)39-28(35)31-25)27(34)32(26(22)33)18-8-6-16(29)7-9-18/h2-12,21-22,24H,13H2,1H3,(H,31,35).